The number of aromatic amines is 1. The molecule has 3 aromatic rings. The third-order valence-electron chi connectivity index (χ3n) is 11.2. The van der Waals surface area contributed by atoms with E-state index in [-0.39, 0.29) is 18.4 Å². The van der Waals surface area contributed by atoms with Crippen LogP contribution in [0, 0.1) is 23.7 Å². The number of para-hydroxylation sites is 1. The van der Waals surface area contributed by atoms with Gasteiger partial charge >= 0.3 is 12.1 Å². The van der Waals surface area contributed by atoms with E-state index in [1.54, 1.807) is 6.92 Å². The van der Waals surface area contributed by atoms with E-state index in [2.05, 4.69) is 20.9 Å². The van der Waals surface area contributed by atoms with Gasteiger partial charge in [0.2, 0.25) is 11.8 Å². The minimum Gasteiger partial charge on any atom is -0.469 e. The van der Waals surface area contributed by atoms with E-state index in [1.165, 1.54) is 13.5 Å². The summed E-state index contributed by atoms with van der Waals surface area (Å²) in [4.78, 5) is 56.2. The number of nitrogens with one attached hydrogen (secondary N) is 4. The van der Waals surface area contributed by atoms with E-state index >= 15 is 0 Å². The normalized spacial score (nSPS) is 28.5. The Morgan fingerprint density at radius 3 is 2.36 bits per heavy atom. The van der Waals surface area contributed by atoms with Gasteiger partial charge in [-0.05, 0) is 98.3 Å². The first kappa shape index (κ1) is 31.3. The highest BCUT2D eigenvalue weighted by molar-refractivity contribution is 5.95. The summed E-state index contributed by atoms with van der Waals surface area (Å²) in [6.07, 6.45) is 8.03. The van der Waals surface area contributed by atoms with Gasteiger partial charge < -0.3 is 30.4 Å². The Morgan fingerprint density at radius 2 is 1.62 bits per heavy atom. The van der Waals surface area contributed by atoms with Crippen molar-refractivity contribution in [1.29, 1.82) is 0 Å². The first-order valence-electron chi connectivity index (χ1n) is 17.0. The lowest BCUT2D eigenvalue weighted by atomic mass is 9.55. The quantitative estimate of drug-likeness (QED) is 0.195. The largest absolute Gasteiger partial charge is 0.469 e. The van der Waals surface area contributed by atoms with Gasteiger partial charge in [-0.2, -0.15) is 0 Å². The van der Waals surface area contributed by atoms with Crippen LogP contribution in [-0.2, 0) is 36.7 Å². The van der Waals surface area contributed by atoms with E-state index in [0.717, 1.165) is 65.1 Å². The summed E-state index contributed by atoms with van der Waals surface area (Å²) in [5.41, 5.74) is 2.42. The van der Waals surface area contributed by atoms with E-state index in [0.29, 0.717) is 24.7 Å². The van der Waals surface area contributed by atoms with Gasteiger partial charge in [0.15, 0.2) is 0 Å². The fourth-order valence-corrected chi connectivity index (χ4v) is 9.13. The Hall–Kier alpha value is -4.34. The van der Waals surface area contributed by atoms with Gasteiger partial charge in [0.25, 0.3) is 0 Å². The number of esters is 1. The van der Waals surface area contributed by atoms with Gasteiger partial charge in [0.1, 0.15) is 18.1 Å². The van der Waals surface area contributed by atoms with Crippen molar-refractivity contribution in [3.05, 3.63) is 71.4 Å². The third-order valence-corrected chi connectivity index (χ3v) is 11.2. The van der Waals surface area contributed by atoms with E-state index < -0.39 is 42.0 Å². The van der Waals surface area contributed by atoms with E-state index in [4.69, 9.17) is 9.47 Å². The number of aryl methyl sites for hydroxylation is 1. The third kappa shape index (κ3) is 6.34. The van der Waals surface area contributed by atoms with Crippen molar-refractivity contribution in [1.82, 2.24) is 20.9 Å². The van der Waals surface area contributed by atoms with Crippen molar-refractivity contribution < 1.29 is 28.7 Å². The number of aromatic nitrogens is 1. The minimum absolute atomic E-state index is 0.118. The summed E-state index contributed by atoms with van der Waals surface area (Å²) in [5, 5.41) is 10.2. The molecule has 4 bridgehead atoms. The lowest BCUT2D eigenvalue weighted by Crippen LogP contribution is -2.62. The summed E-state index contributed by atoms with van der Waals surface area (Å²) >= 11 is 0. The Balaban J connectivity index is 1.13. The standard InChI is InChI=1S/C37H44N4O6/c1-37(19-26-20-38-29-10-6-5-8-27(26)29,41-36(45)47-34-24-14-21-13-22(16-24)17-25(34)15-21)35(44)39-30-12-11-23-7-3-4-9-28(23)33(30)40-31(42)18-32(43)46-2/h3-10,20-22,24-25,30,33-34,38H,11-19H2,1-2H3,(H,39,44)(H,40,42)(H,41,45). The number of fused-ring (bicyclic) bond motifs is 2. The van der Waals surface area contributed by atoms with Crippen LogP contribution in [0.2, 0.25) is 0 Å². The van der Waals surface area contributed by atoms with Gasteiger partial charge in [0, 0.05) is 23.5 Å². The van der Waals surface area contributed by atoms with Gasteiger partial charge in [-0.15, -0.1) is 0 Å². The fourth-order valence-electron chi connectivity index (χ4n) is 9.13. The van der Waals surface area contributed by atoms with Crippen LogP contribution in [0.1, 0.15) is 74.6 Å². The molecule has 4 saturated carbocycles. The molecule has 3 amide bonds. The van der Waals surface area contributed by atoms with Gasteiger partial charge in [-0.1, -0.05) is 42.5 Å². The topological polar surface area (TPSA) is 139 Å². The minimum atomic E-state index is -1.37. The Morgan fingerprint density at radius 1 is 0.915 bits per heavy atom. The molecule has 10 heteroatoms. The van der Waals surface area contributed by atoms with Crippen molar-refractivity contribution in [3.63, 3.8) is 0 Å². The summed E-state index contributed by atoms with van der Waals surface area (Å²) in [6, 6.07) is 14.6. The molecule has 1 aromatic heterocycles. The Labute approximate surface area is 274 Å². The number of rotatable bonds is 9. The first-order chi connectivity index (χ1) is 22.7. The smallest absolute Gasteiger partial charge is 0.408 e. The molecule has 8 rings (SSSR count). The predicted octanol–water partition coefficient (Wildman–Crippen LogP) is 4.87. The number of carbonyl (C=O) groups excluding carboxylic acids is 4. The van der Waals surface area contributed by atoms with Crippen LogP contribution >= 0.6 is 0 Å². The molecule has 5 aliphatic rings. The number of methoxy groups -OCH3 is 1. The number of benzene rings is 2. The number of alkyl carbamates (subject to hydrolysis) is 1. The summed E-state index contributed by atoms with van der Waals surface area (Å²) in [6.45, 7) is 1.74. The molecule has 0 radical (unpaired) electrons. The first-order valence-corrected chi connectivity index (χ1v) is 17.0. The molecular formula is C37H44N4O6. The summed E-state index contributed by atoms with van der Waals surface area (Å²) in [5.74, 6) is 0.781. The lowest BCUT2D eigenvalue weighted by Gasteiger charge is -2.53. The number of H-pyrrole nitrogens is 1. The second kappa shape index (κ2) is 12.7. The average Bonchev–Trinajstić information content (AvgIpc) is 3.45. The number of hydrogen-bond acceptors (Lipinski definition) is 6. The molecular weight excluding hydrogens is 596 g/mol. The molecule has 1 heterocycles. The van der Waals surface area contributed by atoms with Crippen molar-refractivity contribution in [2.24, 2.45) is 23.7 Å². The zero-order valence-electron chi connectivity index (χ0n) is 27.1. The molecule has 0 saturated heterocycles. The maximum absolute atomic E-state index is 14.5. The van der Waals surface area contributed by atoms with E-state index in [9.17, 15) is 19.2 Å². The van der Waals surface area contributed by atoms with Crippen LogP contribution in [0.5, 0.6) is 0 Å². The highest BCUT2D eigenvalue weighted by Gasteiger charge is 2.50. The molecule has 4 fully saturated rings. The molecule has 0 spiro atoms. The van der Waals surface area contributed by atoms with Crippen LogP contribution in [0.15, 0.2) is 54.7 Å². The van der Waals surface area contributed by atoms with Crippen LogP contribution in [0.25, 0.3) is 10.9 Å². The molecule has 4 N–H and O–H groups in total. The zero-order valence-corrected chi connectivity index (χ0v) is 27.1. The van der Waals surface area contributed by atoms with E-state index in [1.807, 2.05) is 54.7 Å². The van der Waals surface area contributed by atoms with Crippen molar-refractivity contribution >= 4 is 34.8 Å². The van der Waals surface area contributed by atoms with Gasteiger partial charge in [-0.25, -0.2) is 4.79 Å². The molecule has 10 nitrogen and oxygen atoms in total. The van der Waals surface area contributed by atoms with Crippen molar-refractivity contribution in [3.8, 4) is 0 Å². The number of carbonyl (C=O) groups is 4. The van der Waals surface area contributed by atoms with Gasteiger partial charge in [-0.3, -0.25) is 14.4 Å². The SMILES string of the molecule is COC(=O)CC(=O)NC1c2ccccc2CCC1NC(=O)C(C)(Cc1c[nH]c2ccccc12)NC(=O)OC1C2CC3CC(C2)CC1C3. The second-order valence-electron chi connectivity index (χ2n) is 14.4. The second-order valence-corrected chi connectivity index (χ2v) is 14.4. The summed E-state index contributed by atoms with van der Waals surface area (Å²) < 4.78 is 10.9. The highest BCUT2D eigenvalue weighted by Crippen LogP contribution is 2.54. The maximum Gasteiger partial charge on any atom is 0.408 e. The maximum atomic E-state index is 14.5. The summed E-state index contributed by atoms with van der Waals surface area (Å²) in [7, 11) is 1.24. The van der Waals surface area contributed by atoms with Gasteiger partial charge in [0.05, 0.1) is 19.2 Å². The van der Waals surface area contributed by atoms with Crippen LogP contribution in [0.4, 0.5) is 4.79 Å². The zero-order chi connectivity index (χ0) is 32.7. The van der Waals surface area contributed by atoms with Crippen LogP contribution in [0.3, 0.4) is 0 Å². The molecule has 0 aliphatic heterocycles. The molecule has 2 aromatic carbocycles. The van der Waals surface area contributed by atoms with Crippen molar-refractivity contribution in [2.75, 3.05) is 7.11 Å². The lowest BCUT2D eigenvalue weighted by molar-refractivity contribution is -0.144. The number of hydrogen-bond donors (Lipinski definition) is 4. The molecule has 3 unspecified atom stereocenters. The van der Waals surface area contributed by atoms with Crippen LogP contribution < -0.4 is 16.0 Å². The molecule has 248 valence electrons. The molecule has 5 aliphatic carbocycles. The highest BCUT2D eigenvalue weighted by atomic mass is 16.6. The molecule has 47 heavy (non-hydrogen) atoms. The predicted molar refractivity (Wildman–Crippen MR) is 175 cm³/mol. The number of amides is 3. The van der Waals surface area contributed by atoms with Crippen LogP contribution in [-0.4, -0.2) is 53.7 Å². The van der Waals surface area contributed by atoms with Crippen molar-refractivity contribution in [2.45, 2.75) is 88.4 Å². The molecule has 3 atom stereocenters. The monoisotopic (exact) mass is 640 g/mol. The average molecular weight is 641 g/mol. The number of ether oxygens (including phenoxy) is 2. The fraction of sp³-hybridized carbons (Fsp3) is 0.514. The Kier molecular flexibility index (Phi) is 8.45. The Bertz CT molecular complexity index is 1660.